The van der Waals surface area contributed by atoms with Crippen LogP contribution in [0.3, 0.4) is 0 Å². The summed E-state index contributed by atoms with van der Waals surface area (Å²) in [6, 6.07) is 9.79. The second-order valence-corrected chi connectivity index (χ2v) is 10.7. The molecule has 3 rings (SSSR count). The van der Waals surface area contributed by atoms with Gasteiger partial charge in [-0.3, -0.25) is 4.79 Å². The number of nitrogens with zero attached hydrogens (tertiary/aromatic N) is 1. The number of anilines is 1. The number of hydrogen-bond acceptors (Lipinski definition) is 5. The summed E-state index contributed by atoms with van der Waals surface area (Å²) in [5.74, 6) is -1.19. The van der Waals surface area contributed by atoms with Crippen LogP contribution in [-0.2, 0) is 25.3 Å². The van der Waals surface area contributed by atoms with Gasteiger partial charge in [-0.25, -0.2) is 17.5 Å². The molecule has 1 amide bonds. The van der Waals surface area contributed by atoms with Crippen molar-refractivity contribution >= 4 is 50.8 Å². The number of benzene rings is 2. The molecule has 0 unspecified atom stereocenters. The summed E-state index contributed by atoms with van der Waals surface area (Å²) in [6.45, 7) is 4.23. The molecular weight excluding hydrogens is 487 g/mol. The minimum atomic E-state index is -3.58. The van der Waals surface area contributed by atoms with Crippen LogP contribution in [0, 0.1) is 12.8 Å². The molecule has 0 atom stereocenters. The van der Waals surface area contributed by atoms with Crippen LogP contribution in [-0.4, -0.2) is 44.3 Å². The van der Waals surface area contributed by atoms with Crippen molar-refractivity contribution in [2.75, 3.05) is 25.0 Å². The summed E-state index contributed by atoms with van der Waals surface area (Å²) in [7, 11) is -3.58. The molecule has 7 nitrogen and oxygen atoms in total. The van der Waals surface area contributed by atoms with E-state index in [1.165, 1.54) is 10.4 Å². The third-order valence-corrected chi connectivity index (χ3v) is 8.07. The number of esters is 1. The molecule has 0 radical (unpaired) electrons. The van der Waals surface area contributed by atoms with Gasteiger partial charge < -0.3 is 10.1 Å². The van der Waals surface area contributed by atoms with Crippen LogP contribution in [0.25, 0.3) is 0 Å². The third-order valence-electron chi connectivity index (χ3n) is 5.66. The lowest BCUT2D eigenvalue weighted by atomic mass is 9.96. The molecule has 0 aromatic heterocycles. The molecule has 0 saturated carbocycles. The van der Waals surface area contributed by atoms with Crippen LogP contribution in [0.2, 0.25) is 10.0 Å². The molecule has 1 heterocycles. The van der Waals surface area contributed by atoms with E-state index >= 15 is 0 Å². The van der Waals surface area contributed by atoms with E-state index < -0.39 is 16.0 Å². The molecule has 33 heavy (non-hydrogen) atoms. The van der Waals surface area contributed by atoms with Crippen molar-refractivity contribution in [2.24, 2.45) is 5.92 Å². The van der Waals surface area contributed by atoms with Gasteiger partial charge in [-0.15, -0.1) is 0 Å². The molecule has 1 aliphatic heterocycles. The molecule has 0 aliphatic carbocycles. The zero-order valence-electron chi connectivity index (χ0n) is 18.4. The largest absolute Gasteiger partial charge is 0.462 e. The highest BCUT2D eigenvalue weighted by atomic mass is 35.5. The molecule has 0 bridgehead atoms. The normalized spacial score (nSPS) is 15.3. The first-order valence-corrected chi connectivity index (χ1v) is 13.0. The van der Waals surface area contributed by atoms with Crippen LogP contribution < -0.4 is 5.32 Å². The van der Waals surface area contributed by atoms with E-state index in [2.05, 4.69) is 5.32 Å². The molecular formula is C23H26Cl2N2O5S. The molecule has 1 saturated heterocycles. The number of amides is 1. The zero-order chi connectivity index (χ0) is 24.2. The fourth-order valence-electron chi connectivity index (χ4n) is 3.76. The Labute approximate surface area is 204 Å². The zero-order valence-corrected chi connectivity index (χ0v) is 20.8. The number of ether oxygens (including phenoxy) is 1. The van der Waals surface area contributed by atoms with E-state index in [1.54, 1.807) is 44.2 Å². The second kappa shape index (κ2) is 10.9. The minimum Gasteiger partial charge on any atom is -0.462 e. The van der Waals surface area contributed by atoms with Crippen molar-refractivity contribution in [2.45, 2.75) is 32.4 Å². The first kappa shape index (κ1) is 25.5. The number of piperidine rings is 1. The van der Waals surface area contributed by atoms with Gasteiger partial charge in [0.1, 0.15) is 0 Å². The lowest BCUT2D eigenvalue weighted by Gasteiger charge is -2.30. The van der Waals surface area contributed by atoms with E-state index in [1.807, 2.05) is 0 Å². The molecule has 0 spiro atoms. The molecule has 2 aromatic rings. The maximum Gasteiger partial charge on any atom is 0.338 e. The smallest absolute Gasteiger partial charge is 0.338 e. The Morgan fingerprint density at radius 2 is 1.85 bits per heavy atom. The molecule has 178 valence electrons. The molecule has 1 N–H and O–H groups in total. The summed E-state index contributed by atoms with van der Waals surface area (Å²) < 4.78 is 32.2. The second-order valence-electron chi connectivity index (χ2n) is 7.85. The number of carbonyl (C=O) groups excluding carboxylic acids is 2. The molecule has 1 fully saturated rings. The van der Waals surface area contributed by atoms with E-state index in [0.717, 1.165) is 0 Å². The lowest BCUT2D eigenvalue weighted by molar-refractivity contribution is -0.120. The van der Waals surface area contributed by atoms with Gasteiger partial charge in [0.05, 0.1) is 17.9 Å². The minimum absolute atomic E-state index is 0.197. The van der Waals surface area contributed by atoms with Crippen LogP contribution in [0.15, 0.2) is 36.4 Å². The summed E-state index contributed by atoms with van der Waals surface area (Å²) in [5, 5.41) is 3.63. The summed E-state index contributed by atoms with van der Waals surface area (Å²) in [4.78, 5) is 24.9. The summed E-state index contributed by atoms with van der Waals surface area (Å²) in [5.41, 5.74) is 2.05. The van der Waals surface area contributed by atoms with Gasteiger partial charge in [0, 0.05) is 34.7 Å². The Hall–Kier alpha value is -2.13. The Morgan fingerprint density at radius 3 is 2.48 bits per heavy atom. The lowest BCUT2D eigenvalue weighted by Crippen LogP contribution is -2.42. The number of carbonyl (C=O) groups is 2. The van der Waals surface area contributed by atoms with E-state index in [-0.39, 0.29) is 37.3 Å². The van der Waals surface area contributed by atoms with E-state index in [0.29, 0.717) is 45.3 Å². The van der Waals surface area contributed by atoms with Crippen molar-refractivity contribution in [1.82, 2.24) is 4.31 Å². The van der Waals surface area contributed by atoms with Crippen molar-refractivity contribution < 1.29 is 22.7 Å². The standard InChI is InChI=1S/C23H26Cl2N2O5S/c1-3-32-23(29)19-5-4-6-21(15(19)2)26-22(28)16-9-11-27(12-10-16)33(30,31)14-17-7-8-18(24)13-20(17)25/h4-8,13,16H,3,9-12,14H2,1-2H3,(H,26,28). The monoisotopic (exact) mass is 512 g/mol. The Balaban J connectivity index is 1.61. The molecule has 1 aliphatic rings. The van der Waals surface area contributed by atoms with Crippen LogP contribution >= 0.6 is 23.2 Å². The Morgan fingerprint density at radius 1 is 1.15 bits per heavy atom. The average molecular weight is 513 g/mol. The van der Waals surface area contributed by atoms with Gasteiger partial charge in [0.25, 0.3) is 0 Å². The van der Waals surface area contributed by atoms with Crippen molar-refractivity contribution in [3.05, 3.63) is 63.1 Å². The number of rotatable bonds is 7. The fraction of sp³-hybridized carbons (Fsp3) is 0.391. The third kappa shape index (κ3) is 6.26. The predicted octanol–water partition coefficient (Wildman–Crippen LogP) is 4.66. The fourth-order valence-corrected chi connectivity index (χ4v) is 5.91. The number of nitrogens with one attached hydrogen (secondary N) is 1. The summed E-state index contributed by atoms with van der Waals surface area (Å²) >= 11 is 12.0. The van der Waals surface area contributed by atoms with Crippen LogP contribution in [0.1, 0.15) is 41.3 Å². The maximum atomic E-state index is 12.8. The Kier molecular flexibility index (Phi) is 8.39. The van der Waals surface area contributed by atoms with Crippen LogP contribution in [0.4, 0.5) is 5.69 Å². The maximum absolute atomic E-state index is 12.8. The van der Waals surface area contributed by atoms with Gasteiger partial charge in [0.2, 0.25) is 15.9 Å². The average Bonchev–Trinajstić information content (AvgIpc) is 2.77. The summed E-state index contributed by atoms with van der Waals surface area (Å²) in [6.07, 6.45) is 0.798. The van der Waals surface area contributed by atoms with Gasteiger partial charge in [-0.1, -0.05) is 35.3 Å². The van der Waals surface area contributed by atoms with Gasteiger partial charge in [-0.05, 0) is 62.1 Å². The number of sulfonamides is 1. The quantitative estimate of drug-likeness (QED) is 0.544. The van der Waals surface area contributed by atoms with Gasteiger partial charge in [-0.2, -0.15) is 0 Å². The van der Waals surface area contributed by atoms with Crippen molar-refractivity contribution in [1.29, 1.82) is 0 Å². The highest BCUT2D eigenvalue weighted by molar-refractivity contribution is 7.88. The molecule has 2 aromatic carbocycles. The van der Waals surface area contributed by atoms with Crippen molar-refractivity contribution in [3.8, 4) is 0 Å². The van der Waals surface area contributed by atoms with E-state index in [4.69, 9.17) is 27.9 Å². The molecule has 10 heteroatoms. The number of hydrogen-bond donors (Lipinski definition) is 1. The SMILES string of the molecule is CCOC(=O)c1cccc(NC(=O)C2CCN(S(=O)(=O)Cc3ccc(Cl)cc3Cl)CC2)c1C. The van der Waals surface area contributed by atoms with Gasteiger partial charge in [0.15, 0.2) is 0 Å². The van der Waals surface area contributed by atoms with E-state index in [9.17, 15) is 18.0 Å². The van der Waals surface area contributed by atoms with Gasteiger partial charge >= 0.3 is 5.97 Å². The highest BCUT2D eigenvalue weighted by Gasteiger charge is 2.32. The first-order valence-electron chi connectivity index (χ1n) is 10.6. The number of halogens is 2. The van der Waals surface area contributed by atoms with Crippen molar-refractivity contribution in [3.63, 3.8) is 0 Å². The highest BCUT2D eigenvalue weighted by Crippen LogP contribution is 2.27. The Bertz CT molecular complexity index is 1150. The first-order chi connectivity index (χ1) is 15.6. The topological polar surface area (TPSA) is 92.8 Å². The predicted molar refractivity (Wildman–Crippen MR) is 129 cm³/mol. The van der Waals surface area contributed by atoms with Crippen LogP contribution in [0.5, 0.6) is 0 Å².